The molecule has 4 heteroatoms. The van der Waals surface area contributed by atoms with Gasteiger partial charge in [-0.05, 0) is 24.3 Å². The molecule has 0 unspecified atom stereocenters. The highest BCUT2D eigenvalue weighted by molar-refractivity contribution is 5.94. The highest BCUT2D eigenvalue weighted by Crippen LogP contribution is 2.27. The van der Waals surface area contributed by atoms with Crippen LogP contribution in [-0.4, -0.2) is 9.38 Å². The van der Waals surface area contributed by atoms with Crippen LogP contribution in [0.1, 0.15) is 0 Å². The molecule has 0 radical (unpaired) electrons. The van der Waals surface area contributed by atoms with Crippen LogP contribution in [0.5, 0.6) is 0 Å². The number of fused-ring (bicyclic) bond motifs is 5. The molecule has 0 aliphatic carbocycles. The fraction of sp³-hybridized carbons (Fsp3) is 0. The van der Waals surface area contributed by atoms with Gasteiger partial charge in [-0.3, -0.25) is 4.40 Å². The lowest BCUT2D eigenvalue weighted by Crippen LogP contribution is -1.85. The summed E-state index contributed by atoms with van der Waals surface area (Å²) in [7, 11) is 0. The Kier molecular flexibility index (Phi) is 1.66. The maximum absolute atomic E-state index is 13.4. The van der Waals surface area contributed by atoms with Crippen molar-refractivity contribution in [1.29, 1.82) is 0 Å². The monoisotopic (exact) mass is 242 g/mol. The number of rotatable bonds is 0. The number of nitrogens with zero attached hydrogens (tertiary/aromatic N) is 1. The number of benzene rings is 2. The van der Waals surface area contributed by atoms with Crippen LogP contribution in [-0.2, 0) is 0 Å². The quantitative estimate of drug-likeness (QED) is 0.483. The van der Waals surface area contributed by atoms with E-state index in [1.807, 2.05) is 34.7 Å². The van der Waals surface area contributed by atoms with Crippen molar-refractivity contribution >= 4 is 27.6 Å². The molecular weight excluding hydrogens is 234 g/mol. The third-order valence-electron chi connectivity index (χ3n) is 3.25. The standard InChI is InChI=1S/C14H8F2N2/c15-9-5-8-6-14-17-11-3-1-2-4-12(11)18(14)13(8)7-10(9)16/h1-7,17H. The van der Waals surface area contributed by atoms with Gasteiger partial charge < -0.3 is 4.98 Å². The van der Waals surface area contributed by atoms with Crippen molar-refractivity contribution in [1.82, 2.24) is 9.38 Å². The molecular formula is C14H8F2N2. The summed E-state index contributed by atoms with van der Waals surface area (Å²) in [5.74, 6) is -1.65. The third kappa shape index (κ3) is 1.09. The van der Waals surface area contributed by atoms with E-state index < -0.39 is 11.6 Å². The average Bonchev–Trinajstić information content (AvgIpc) is 2.86. The van der Waals surface area contributed by atoms with Gasteiger partial charge in [0.15, 0.2) is 11.6 Å². The number of H-pyrrole nitrogens is 1. The van der Waals surface area contributed by atoms with E-state index in [0.717, 1.165) is 16.7 Å². The average molecular weight is 242 g/mol. The summed E-state index contributed by atoms with van der Waals surface area (Å²) in [4.78, 5) is 3.22. The largest absolute Gasteiger partial charge is 0.340 e. The molecule has 2 nitrogen and oxygen atoms in total. The lowest BCUT2D eigenvalue weighted by atomic mass is 10.2. The zero-order valence-electron chi connectivity index (χ0n) is 9.24. The van der Waals surface area contributed by atoms with Crippen LogP contribution in [0.15, 0.2) is 42.5 Å². The second-order valence-corrected chi connectivity index (χ2v) is 4.33. The van der Waals surface area contributed by atoms with Crippen molar-refractivity contribution in [2.45, 2.75) is 0 Å². The summed E-state index contributed by atoms with van der Waals surface area (Å²) in [6.45, 7) is 0. The first-order chi connectivity index (χ1) is 8.74. The Morgan fingerprint density at radius 3 is 2.56 bits per heavy atom. The van der Waals surface area contributed by atoms with Crippen LogP contribution in [0.25, 0.3) is 27.6 Å². The van der Waals surface area contributed by atoms with E-state index in [-0.39, 0.29) is 0 Å². The second-order valence-electron chi connectivity index (χ2n) is 4.33. The number of hydrogen-bond donors (Lipinski definition) is 1. The summed E-state index contributed by atoms with van der Waals surface area (Å²) in [5, 5.41) is 0.686. The molecule has 0 aliphatic heterocycles. The fourth-order valence-corrected chi connectivity index (χ4v) is 2.47. The molecule has 0 aliphatic rings. The first-order valence-corrected chi connectivity index (χ1v) is 5.61. The number of aromatic nitrogens is 2. The fourth-order valence-electron chi connectivity index (χ4n) is 2.47. The molecule has 0 saturated carbocycles. The molecule has 0 amide bonds. The zero-order chi connectivity index (χ0) is 12.3. The molecule has 0 spiro atoms. The highest BCUT2D eigenvalue weighted by Gasteiger charge is 2.11. The van der Waals surface area contributed by atoms with E-state index in [1.54, 1.807) is 0 Å². The van der Waals surface area contributed by atoms with E-state index in [4.69, 9.17) is 0 Å². The van der Waals surface area contributed by atoms with Crippen molar-refractivity contribution in [3.05, 3.63) is 54.1 Å². The minimum absolute atomic E-state index is 0.668. The lowest BCUT2D eigenvalue weighted by Gasteiger charge is -1.97. The second kappa shape index (κ2) is 3.10. The predicted molar refractivity (Wildman–Crippen MR) is 66.7 cm³/mol. The normalized spacial score (nSPS) is 11.9. The van der Waals surface area contributed by atoms with Gasteiger partial charge in [0.25, 0.3) is 0 Å². The van der Waals surface area contributed by atoms with E-state index in [0.29, 0.717) is 10.9 Å². The molecule has 0 bridgehead atoms. The number of imidazole rings is 1. The predicted octanol–water partition coefficient (Wildman–Crippen LogP) is 3.85. The molecule has 2 heterocycles. The number of aromatic amines is 1. The summed E-state index contributed by atoms with van der Waals surface area (Å²) in [6.07, 6.45) is 0. The first kappa shape index (κ1) is 9.65. The van der Waals surface area contributed by atoms with E-state index in [2.05, 4.69) is 4.98 Å². The van der Waals surface area contributed by atoms with Gasteiger partial charge in [-0.25, -0.2) is 8.78 Å². The number of halogens is 2. The Bertz CT molecular complexity index is 902. The van der Waals surface area contributed by atoms with Gasteiger partial charge in [0, 0.05) is 11.5 Å². The highest BCUT2D eigenvalue weighted by atomic mass is 19.2. The van der Waals surface area contributed by atoms with Crippen molar-refractivity contribution in [3.8, 4) is 0 Å². The van der Waals surface area contributed by atoms with Crippen molar-refractivity contribution in [2.24, 2.45) is 0 Å². The van der Waals surface area contributed by atoms with Crippen molar-refractivity contribution in [2.75, 3.05) is 0 Å². The molecule has 4 aromatic rings. The third-order valence-corrected chi connectivity index (χ3v) is 3.25. The van der Waals surface area contributed by atoms with E-state index in [1.165, 1.54) is 12.1 Å². The maximum Gasteiger partial charge on any atom is 0.160 e. The number of hydrogen-bond acceptors (Lipinski definition) is 0. The Hall–Kier alpha value is -2.36. The van der Waals surface area contributed by atoms with Gasteiger partial charge in [-0.15, -0.1) is 0 Å². The van der Waals surface area contributed by atoms with Gasteiger partial charge in [-0.1, -0.05) is 12.1 Å². The van der Waals surface area contributed by atoms with Crippen molar-refractivity contribution in [3.63, 3.8) is 0 Å². The first-order valence-electron chi connectivity index (χ1n) is 5.61. The molecule has 0 fully saturated rings. The number of nitrogens with one attached hydrogen (secondary N) is 1. The summed E-state index contributed by atoms with van der Waals surface area (Å²) < 4.78 is 28.5. The Morgan fingerprint density at radius 1 is 0.889 bits per heavy atom. The minimum atomic E-state index is -0.826. The maximum atomic E-state index is 13.4. The van der Waals surface area contributed by atoms with Crippen LogP contribution < -0.4 is 0 Å². The van der Waals surface area contributed by atoms with Crippen LogP contribution >= 0.6 is 0 Å². The van der Waals surface area contributed by atoms with Gasteiger partial charge in [0.05, 0.1) is 16.6 Å². The van der Waals surface area contributed by atoms with Gasteiger partial charge in [0.2, 0.25) is 0 Å². The van der Waals surface area contributed by atoms with Gasteiger partial charge >= 0.3 is 0 Å². The Labute approximate surface area is 100 Å². The molecule has 0 saturated heterocycles. The molecule has 4 rings (SSSR count). The Morgan fingerprint density at radius 2 is 1.67 bits per heavy atom. The molecule has 88 valence electrons. The van der Waals surface area contributed by atoms with Crippen LogP contribution in [0.4, 0.5) is 8.78 Å². The molecule has 18 heavy (non-hydrogen) atoms. The van der Waals surface area contributed by atoms with Crippen molar-refractivity contribution < 1.29 is 8.78 Å². The Balaban J connectivity index is 2.30. The molecule has 1 N–H and O–H groups in total. The van der Waals surface area contributed by atoms with Gasteiger partial charge in [-0.2, -0.15) is 0 Å². The minimum Gasteiger partial charge on any atom is -0.340 e. The molecule has 2 aromatic heterocycles. The topological polar surface area (TPSA) is 20.2 Å². The van der Waals surface area contributed by atoms with E-state index in [9.17, 15) is 8.78 Å². The lowest BCUT2D eigenvalue weighted by molar-refractivity contribution is 0.511. The smallest absolute Gasteiger partial charge is 0.160 e. The van der Waals surface area contributed by atoms with Gasteiger partial charge in [0.1, 0.15) is 5.65 Å². The summed E-state index contributed by atoms with van der Waals surface area (Å²) >= 11 is 0. The summed E-state index contributed by atoms with van der Waals surface area (Å²) in [5.41, 5.74) is 3.42. The SMILES string of the molecule is Fc1cc2cc3[nH]c4ccccc4n3c2cc1F. The van der Waals surface area contributed by atoms with E-state index >= 15 is 0 Å². The van der Waals surface area contributed by atoms with Crippen LogP contribution in [0.2, 0.25) is 0 Å². The molecule has 0 atom stereocenters. The van der Waals surface area contributed by atoms with Crippen LogP contribution in [0.3, 0.4) is 0 Å². The number of para-hydroxylation sites is 2. The summed E-state index contributed by atoms with van der Waals surface area (Å²) in [6, 6.07) is 12.0. The molecule has 2 aromatic carbocycles. The zero-order valence-corrected chi connectivity index (χ0v) is 9.24. The van der Waals surface area contributed by atoms with Crippen LogP contribution in [0, 0.1) is 11.6 Å².